The number of nitrogens with one attached hydrogen (secondary N) is 1. The van der Waals surface area contributed by atoms with Crippen molar-refractivity contribution < 1.29 is 9.90 Å². The van der Waals surface area contributed by atoms with Crippen molar-refractivity contribution in [3.8, 4) is 11.3 Å². The average molecular weight is 423 g/mol. The zero-order chi connectivity index (χ0) is 21.8. The molecule has 2 aromatic heterocycles. The van der Waals surface area contributed by atoms with E-state index in [-0.39, 0.29) is 5.95 Å². The van der Waals surface area contributed by atoms with Gasteiger partial charge in [0.15, 0.2) is 5.65 Å². The number of carbonyl (C=O) groups is 1. The second-order valence-corrected chi connectivity index (χ2v) is 8.45. The van der Waals surface area contributed by atoms with Crippen molar-refractivity contribution in [3.05, 3.63) is 48.0 Å². The van der Waals surface area contributed by atoms with Crippen LogP contribution < -0.4 is 5.32 Å². The molecule has 3 aromatic rings. The third kappa shape index (κ3) is 5.59. The predicted molar refractivity (Wildman–Crippen MR) is 121 cm³/mol. The topological polar surface area (TPSA) is 86.0 Å². The quantitative estimate of drug-likeness (QED) is 0.651. The smallest absolute Gasteiger partial charge is 0.411 e. The summed E-state index contributed by atoms with van der Waals surface area (Å²) in [5.74, 6) is 0.0704. The van der Waals surface area contributed by atoms with Crippen LogP contribution in [0.2, 0.25) is 0 Å². The number of pyridine rings is 1. The molecule has 8 heteroatoms. The highest BCUT2D eigenvalue weighted by atomic mass is 16.4. The van der Waals surface area contributed by atoms with Crippen molar-refractivity contribution in [1.29, 1.82) is 0 Å². The molecule has 2 aliphatic rings. The molecule has 1 unspecified atom stereocenters. The summed E-state index contributed by atoms with van der Waals surface area (Å²) in [6.45, 7) is 3.18. The van der Waals surface area contributed by atoms with Gasteiger partial charge in [-0.1, -0.05) is 49.6 Å². The molecule has 1 saturated carbocycles. The maximum atomic E-state index is 10.8. The van der Waals surface area contributed by atoms with E-state index in [0.717, 1.165) is 30.9 Å². The zero-order valence-corrected chi connectivity index (χ0v) is 18.2. The fraction of sp³-hybridized carbons (Fsp3) is 0.435. The minimum absolute atomic E-state index is 0.0704. The lowest BCUT2D eigenvalue weighted by atomic mass is 10.1. The fourth-order valence-electron chi connectivity index (χ4n) is 3.69. The third-order valence-electron chi connectivity index (χ3n) is 5.57. The minimum atomic E-state index is -1.18. The maximum Gasteiger partial charge on any atom is 0.411 e. The number of carboxylic acid groups (broad SMARTS) is 1. The number of anilines is 1. The first-order valence-corrected chi connectivity index (χ1v) is 10.8. The highest BCUT2D eigenvalue weighted by Crippen LogP contribution is 2.23. The van der Waals surface area contributed by atoms with Gasteiger partial charge in [0.05, 0.1) is 5.69 Å². The number of hydrogen-bond acceptors (Lipinski definition) is 5. The Kier molecular flexibility index (Phi) is 6.48. The van der Waals surface area contributed by atoms with E-state index in [4.69, 9.17) is 5.11 Å². The fourth-order valence-corrected chi connectivity index (χ4v) is 3.69. The molecular weight excluding hydrogens is 392 g/mol. The molecule has 1 atom stereocenters. The summed E-state index contributed by atoms with van der Waals surface area (Å²) in [6, 6.07) is 14.7. The van der Waals surface area contributed by atoms with Gasteiger partial charge < -0.3 is 10.0 Å². The number of benzene rings is 1. The molecule has 164 valence electrons. The second-order valence-electron chi connectivity index (χ2n) is 8.45. The summed E-state index contributed by atoms with van der Waals surface area (Å²) in [7, 11) is 4.29. The van der Waals surface area contributed by atoms with E-state index in [0.29, 0.717) is 11.7 Å². The van der Waals surface area contributed by atoms with Gasteiger partial charge in [-0.3, -0.25) is 10.2 Å². The van der Waals surface area contributed by atoms with Crippen LogP contribution in [-0.2, 0) is 6.54 Å². The van der Waals surface area contributed by atoms with Crippen molar-refractivity contribution in [2.45, 2.75) is 38.3 Å². The Labute approximate surface area is 182 Å². The molecule has 3 heterocycles. The number of amides is 1. The van der Waals surface area contributed by atoms with Gasteiger partial charge in [0.25, 0.3) is 5.95 Å². The van der Waals surface area contributed by atoms with Crippen LogP contribution in [0.15, 0.2) is 42.5 Å². The van der Waals surface area contributed by atoms with Crippen LogP contribution in [0.1, 0.15) is 31.2 Å². The van der Waals surface area contributed by atoms with Gasteiger partial charge in [0.2, 0.25) is 0 Å². The van der Waals surface area contributed by atoms with E-state index in [1.54, 1.807) is 10.6 Å². The highest BCUT2D eigenvalue weighted by molar-refractivity contribution is 5.80. The minimum Gasteiger partial charge on any atom is -0.465 e. The van der Waals surface area contributed by atoms with Crippen LogP contribution in [0.3, 0.4) is 0 Å². The number of likely N-dealkylation sites (tertiary alicyclic amines) is 1. The third-order valence-corrected chi connectivity index (χ3v) is 5.57. The summed E-state index contributed by atoms with van der Waals surface area (Å²) in [6.07, 6.45) is 4.53. The van der Waals surface area contributed by atoms with Gasteiger partial charge in [-0.15, -0.1) is 5.10 Å². The van der Waals surface area contributed by atoms with Crippen molar-refractivity contribution in [3.63, 3.8) is 0 Å². The standard InChI is InChI=1S/C20H24N6O2.C3H6/c1-24(2)16-10-11-25(13-16)12-14-6-8-15(9-7-14)17-4-3-5-18-21-19(22-20(27)28)23-26(17)18;1-2-3-1/h3-9,16H,10-13H2,1-2H3,(H,22,23)(H,27,28);1-3H2. The van der Waals surface area contributed by atoms with Crippen LogP contribution >= 0.6 is 0 Å². The van der Waals surface area contributed by atoms with E-state index in [1.807, 2.05) is 12.1 Å². The van der Waals surface area contributed by atoms with E-state index in [1.165, 1.54) is 31.2 Å². The Morgan fingerprint density at radius 1 is 1.16 bits per heavy atom. The molecule has 1 aliphatic heterocycles. The molecule has 1 aliphatic carbocycles. The number of likely N-dealkylation sites (N-methyl/N-ethyl adjacent to an activating group) is 1. The molecule has 1 amide bonds. The molecule has 2 N–H and O–H groups in total. The van der Waals surface area contributed by atoms with Gasteiger partial charge in [0, 0.05) is 31.2 Å². The maximum absolute atomic E-state index is 10.8. The van der Waals surface area contributed by atoms with Gasteiger partial charge in [-0.2, -0.15) is 4.98 Å². The van der Waals surface area contributed by atoms with Crippen molar-refractivity contribution in [2.24, 2.45) is 0 Å². The number of aromatic nitrogens is 3. The summed E-state index contributed by atoms with van der Waals surface area (Å²) >= 11 is 0. The molecule has 1 aromatic carbocycles. The van der Waals surface area contributed by atoms with Gasteiger partial charge in [-0.05, 0) is 38.2 Å². The molecule has 1 saturated heterocycles. The second kappa shape index (κ2) is 9.45. The molecule has 8 nitrogen and oxygen atoms in total. The van der Waals surface area contributed by atoms with Crippen molar-refractivity contribution in [2.75, 3.05) is 32.5 Å². The van der Waals surface area contributed by atoms with E-state index < -0.39 is 6.09 Å². The number of fused-ring (bicyclic) bond motifs is 1. The summed E-state index contributed by atoms with van der Waals surface area (Å²) in [5, 5.41) is 15.3. The van der Waals surface area contributed by atoms with E-state index in [2.05, 4.69) is 63.6 Å². The van der Waals surface area contributed by atoms with Crippen LogP contribution in [-0.4, -0.2) is 68.8 Å². The van der Waals surface area contributed by atoms with Crippen molar-refractivity contribution >= 4 is 17.7 Å². The largest absolute Gasteiger partial charge is 0.465 e. The first-order chi connectivity index (χ1) is 15.0. The lowest BCUT2D eigenvalue weighted by Crippen LogP contribution is -2.31. The Hall–Kier alpha value is -2.97. The predicted octanol–water partition coefficient (Wildman–Crippen LogP) is 3.79. The zero-order valence-electron chi connectivity index (χ0n) is 18.2. The molecular formula is C23H30N6O2. The number of rotatable bonds is 5. The first kappa shape index (κ1) is 21.3. The highest BCUT2D eigenvalue weighted by Gasteiger charge is 2.23. The van der Waals surface area contributed by atoms with Gasteiger partial charge >= 0.3 is 6.09 Å². The monoisotopic (exact) mass is 422 g/mol. The molecule has 31 heavy (non-hydrogen) atoms. The normalized spacial score (nSPS) is 18.1. The van der Waals surface area contributed by atoms with E-state index >= 15 is 0 Å². The number of hydrogen-bond donors (Lipinski definition) is 2. The molecule has 0 spiro atoms. The number of nitrogens with zero attached hydrogens (tertiary/aromatic N) is 5. The molecule has 5 rings (SSSR count). The summed E-state index contributed by atoms with van der Waals surface area (Å²) in [4.78, 5) is 19.8. The lowest BCUT2D eigenvalue weighted by Gasteiger charge is -2.20. The Morgan fingerprint density at radius 3 is 2.52 bits per heavy atom. The molecule has 0 radical (unpaired) electrons. The van der Waals surface area contributed by atoms with E-state index in [9.17, 15) is 4.79 Å². The van der Waals surface area contributed by atoms with Gasteiger partial charge in [-0.25, -0.2) is 9.31 Å². The average Bonchev–Trinajstić information content (AvgIpc) is 3.45. The van der Waals surface area contributed by atoms with Crippen LogP contribution in [0.25, 0.3) is 16.9 Å². The van der Waals surface area contributed by atoms with Crippen LogP contribution in [0.5, 0.6) is 0 Å². The lowest BCUT2D eigenvalue weighted by molar-refractivity contribution is 0.209. The first-order valence-electron chi connectivity index (χ1n) is 10.8. The Balaban J connectivity index is 0.000000710. The Morgan fingerprint density at radius 2 is 1.90 bits per heavy atom. The summed E-state index contributed by atoms with van der Waals surface area (Å²) in [5.41, 5.74) is 3.75. The van der Waals surface area contributed by atoms with Gasteiger partial charge in [0.1, 0.15) is 0 Å². The van der Waals surface area contributed by atoms with Crippen molar-refractivity contribution in [1.82, 2.24) is 24.4 Å². The van der Waals surface area contributed by atoms with Crippen LogP contribution in [0.4, 0.5) is 10.7 Å². The molecule has 0 bridgehead atoms. The molecule has 2 fully saturated rings. The van der Waals surface area contributed by atoms with Crippen LogP contribution in [0, 0.1) is 0 Å². The summed E-state index contributed by atoms with van der Waals surface area (Å²) < 4.78 is 1.66. The SMILES string of the molecule is C1CC1.CN(C)C1CCN(Cc2ccc(-c3cccc4nc(NC(=O)O)nn34)cc2)C1. The Bertz CT molecular complexity index is 1030.